The van der Waals surface area contributed by atoms with Gasteiger partial charge in [0.2, 0.25) is 0 Å². The molecule has 3 nitrogen and oxygen atoms in total. The first-order valence-electron chi connectivity index (χ1n) is 9.35. The maximum atomic E-state index is 10.4. The van der Waals surface area contributed by atoms with Gasteiger partial charge < -0.3 is 9.90 Å². The quantitative estimate of drug-likeness (QED) is 0.488. The molecule has 0 aliphatic heterocycles. The highest BCUT2D eigenvalue weighted by Gasteiger charge is 2.01. The number of hydrogen-bond acceptors (Lipinski definition) is 3. The zero-order chi connectivity index (χ0) is 19.3. The van der Waals surface area contributed by atoms with E-state index in [1.165, 1.54) is 12.8 Å². The number of ketones is 2. The van der Waals surface area contributed by atoms with E-state index in [0.717, 1.165) is 32.1 Å². The first-order chi connectivity index (χ1) is 10.7. The van der Waals surface area contributed by atoms with Crippen LogP contribution in [0.2, 0.25) is 0 Å². The van der Waals surface area contributed by atoms with Gasteiger partial charge in [-0.1, -0.05) is 83.6 Å². The molecule has 166 valence electrons. The van der Waals surface area contributed by atoms with Gasteiger partial charge in [0.15, 0.2) is 0 Å². The minimum atomic E-state index is -0.0648. The second-order valence-corrected chi connectivity index (χ2v) is 5.84. The van der Waals surface area contributed by atoms with Gasteiger partial charge in [0.05, 0.1) is 6.10 Å². The van der Waals surface area contributed by atoms with Crippen molar-refractivity contribution in [2.24, 2.45) is 5.92 Å². The van der Waals surface area contributed by atoms with Gasteiger partial charge >= 0.3 is 0 Å². The molecule has 1 N–H and O–H groups in total. The zero-order valence-corrected chi connectivity index (χ0v) is 17.4. The number of carbonyl (C=O) groups is 2. The molecule has 0 amide bonds. The molecule has 0 radical (unpaired) electrons. The van der Waals surface area contributed by atoms with Gasteiger partial charge in [-0.25, -0.2) is 0 Å². The van der Waals surface area contributed by atoms with Gasteiger partial charge in [-0.15, -0.1) is 0 Å². The van der Waals surface area contributed by atoms with Gasteiger partial charge in [0.1, 0.15) is 11.6 Å². The summed E-state index contributed by atoms with van der Waals surface area (Å²) >= 11 is 0. The largest absolute Gasteiger partial charge is 0.393 e. The van der Waals surface area contributed by atoms with Gasteiger partial charge in [0, 0.05) is 12.3 Å². The zero-order valence-electron chi connectivity index (χ0n) is 17.4. The fraction of sp³-hybridized carbons (Fsp3) is 0.913. The number of aliphatic hydroxyl groups is 1. The Morgan fingerprint density at radius 2 is 1.08 bits per heavy atom. The predicted molar refractivity (Wildman–Crippen MR) is 123 cm³/mol. The Bertz CT molecular complexity index is 232. The maximum Gasteiger partial charge on any atom is 0.132 e. The van der Waals surface area contributed by atoms with Crippen LogP contribution in [0.1, 0.15) is 130 Å². The van der Waals surface area contributed by atoms with E-state index in [-0.39, 0.29) is 40.1 Å². The lowest BCUT2D eigenvalue weighted by atomic mass is 10.1. The first kappa shape index (κ1) is 44.6. The number of Topliss-reactive ketones (excluding diaryl/α,β-unsaturated/α-hetero) is 2. The molecular formula is C23H56O3. The van der Waals surface area contributed by atoms with Crippen molar-refractivity contribution in [2.45, 2.75) is 136 Å². The highest BCUT2D eigenvalue weighted by atomic mass is 16.3. The van der Waals surface area contributed by atoms with E-state index in [1.54, 1.807) is 13.8 Å². The minimum Gasteiger partial charge on any atom is -0.393 e. The fourth-order valence-electron chi connectivity index (χ4n) is 0.928. The van der Waals surface area contributed by atoms with E-state index in [9.17, 15) is 9.59 Å². The van der Waals surface area contributed by atoms with Gasteiger partial charge in [0.25, 0.3) is 0 Å². The van der Waals surface area contributed by atoms with Crippen LogP contribution < -0.4 is 0 Å². The molecule has 0 aromatic heterocycles. The van der Waals surface area contributed by atoms with Crippen molar-refractivity contribution in [1.82, 2.24) is 0 Å². The summed E-state index contributed by atoms with van der Waals surface area (Å²) in [6, 6.07) is 0. The molecule has 0 aromatic carbocycles. The Morgan fingerprint density at radius 1 is 0.731 bits per heavy atom. The van der Waals surface area contributed by atoms with Crippen LogP contribution in [0.15, 0.2) is 0 Å². The fourth-order valence-corrected chi connectivity index (χ4v) is 0.928. The Balaban J connectivity index is -0.0000000362. The van der Waals surface area contributed by atoms with Crippen molar-refractivity contribution in [2.75, 3.05) is 0 Å². The van der Waals surface area contributed by atoms with Crippen molar-refractivity contribution in [3.05, 3.63) is 0 Å². The number of rotatable bonds is 7. The Kier molecular flexibility index (Phi) is 67.6. The van der Waals surface area contributed by atoms with Gasteiger partial charge in [-0.2, -0.15) is 0 Å². The van der Waals surface area contributed by atoms with Crippen LogP contribution in [0.3, 0.4) is 0 Å². The van der Waals surface area contributed by atoms with Crippen LogP contribution in [-0.4, -0.2) is 22.8 Å². The Hall–Kier alpha value is -0.700. The van der Waals surface area contributed by atoms with Crippen LogP contribution in [0, 0.1) is 5.92 Å². The van der Waals surface area contributed by atoms with E-state index >= 15 is 0 Å². The summed E-state index contributed by atoms with van der Waals surface area (Å²) < 4.78 is 0. The number of aliphatic hydroxyl groups excluding tert-OH is 1. The Labute approximate surface area is 168 Å². The lowest BCUT2D eigenvalue weighted by molar-refractivity contribution is -0.120. The van der Waals surface area contributed by atoms with Crippen LogP contribution >= 0.6 is 0 Å². The maximum absolute atomic E-state index is 10.4. The Morgan fingerprint density at radius 3 is 1.08 bits per heavy atom. The average molecular weight is 381 g/mol. The highest BCUT2D eigenvalue weighted by molar-refractivity contribution is 5.77. The molecular weight excluding hydrogens is 324 g/mol. The predicted octanol–water partition coefficient (Wildman–Crippen LogP) is 7.88. The molecule has 0 saturated carbocycles. The SMILES string of the molecule is C.C.C.CCC(C)C(C)=O.CCC(O)CC.CCCC.CCCC(C)=O. The summed E-state index contributed by atoms with van der Waals surface area (Å²) in [4.78, 5) is 20.4. The first-order valence-corrected chi connectivity index (χ1v) is 9.35. The molecule has 0 bridgehead atoms. The summed E-state index contributed by atoms with van der Waals surface area (Å²) in [5.41, 5.74) is 0. The summed E-state index contributed by atoms with van der Waals surface area (Å²) in [7, 11) is 0. The van der Waals surface area contributed by atoms with Crippen molar-refractivity contribution in [3.8, 4) is 0 Å². The smallest absolute Gasteiger partial charge is 0.132 e. The molecule has 0 spiro atoms. The van der Waals surface area contributed by atoms with E-state index < -0.39 is 0 Å². The van der Waals surface area contributed by atoms with Crippen LogP contribution in [0.25, 0.3) is 0 Å². The third kappa shape index (κ3) is 65.5. The lowest BCUT2D eigenvalue weighted by Gasteiger charge is -1.98. The molecule has 0 aliphatic rings. The molecule has 1 unspecified atom stereocenters. The standard InChI is InChI=1S/C6H12O.C5H10O.C5H12O.C4H10.3CH4/c1-4-5(2)6(3)7;1-3-4-5(2)6;1-3-5(6)4-2;1-3-4-2;;;/h5H,4H2,1-3H3;3-4H2,1-2H3;5-6H,3-4H2,1-2H3;3-4H2,1-2H3;3*1H4. The number of unbranched alkanes of at least 4 members (excludes halogenated alkanes) is 1. The third-order valence-electron chi connectivity index (χ3n) is 3.35. The topological polar surface area (TPSA) is 54.4 Å². The molecule has 0 rings (SSSR count). The number of carbonyl (C=O) groups excluding carboxylic acids is 2. The number of hydrogen-bond donors (Lipinski definition) is 1. The van der Waals surface area contributed by atoms with E-state index in [2.05, 4.69) is 13.8 Å². The highest BCUT2D eigenvalue weighted by Crippen LogP contribution is 1.99. The summed E-state index contributed by atoms with van der Waals surface area (Å²) in [5, 5.41) is 8.67. The van der Waals surface area contributed by atoms with Crippen molar-refractivity contribution in [1.29, 1.82) is 0 Å². The van der Waals surface area contributed by atoms with E-state index in [4.69, 9.17) is 5.11 Å². The molecule has 1 atom stereocenters. The van der Waals surface area contributed by atoms with Crippen molar-refractivity contribution in [3.63, 3.8) is 0 Å². The van der Waals surface area contributed by atoms with E-state index in [0.29, 0.717) is 5.78 Å². The van der Waals surface area contributed by atoms with Crippen LogP contribution in [0.4, 0.5) is 0 Å². The molecule has 0 saturated heterocycles. The van der Waals surface area contributed by atoms with E-state index in [1.807, 2.05) is 34.6 Å². The molecule has 3 heteroatoms. The lowest BCUT2D eigenvalue weighted by Crippen LogP contribution is -2.03. The summed E-state index contributed by atoms with van der Waals surface area (Å²) in [6.07, 6.45) is 7.03. The van der Waals surface area contributed by atoms with Crippen molar-refractivity contribution >= 4 is 11.6 Å². The molecule has 0 heterocycles. The molecule has 0 fully saturated rings. The van der Waals surface area contributed by atoms with Crippen LogP contribution in [0.5, 0.6) is 0 Å². The molecule has 0 aromatic rings. The normalized spacial score (nSPS) is 9.04. The minimum absolute atomic E-state index is 0. The summed E-state index contributed by atoms with van der Waals surface area (Å²) in [5.74, 6) is 0.847. The van der Waals surface area contributed by atoms with Crippen LogP contribution in [-0.2, 0) is 9.59 Å². The van der Waals surface area contributed by atoms with Gasteiger partial charge in [-0.05, 0) is 39.5 Å². The second kappa shape index (κ2) is 39.4. The van der Waals surface area contributed by atoms with Crippen molar-refractivity contribution < 1.29 is 14.7 Å². The van der Waals surface area contributed by atoms with Gasteiger partial charge in [-0.3, -0.25) is 4.79 Å². The second-order valence-electron chi connectivity index (χ2n) is 5.84. The molecule has 26 heavy (non-hydrogen) atoms. The average Bonchev–Trinajstić information content (AvgIpc) is 2.54. The molecule has 0 aliphatic carbocycles. The third-order valence-corrected chi connectivity index (χ3v) is 3.35. The summed E-state index contributed by atoms with van der Waals surface area (Å²) in [6.45, 7) is 17.5. The monoisotopic (exact) mass is 380 g/mol.